The molecule has 0 atom stereocenters. The molecular formula is C17H21ClFN5O. The Balaban J connectivity index is 0.00000109. The lowest BCUT2D eigenvalue weighted by Gasteiger charge is -2.43. The van der Waals surface area contributed by atoms with Gasteiger partial charge in [0.05, 0.1) is 11.1 Å². The summed E-state index contributed by atoms with van der Waals surface area (Å²) >= 11 is 6.00. The summed E-state index contributed by atoms with van der Waals surface area (Å²) in [6, 6.07) is 4.50. The van der Waals surface area contributed by atoms with Crippen molar-refractivity contribution in [3.63, 3.8) is 0 Å². The zero-order chi connectivity index (χ0) is 18.4. The van der Waals surface area contributed by atoms with Crippen molar-refractivity contribution in [2.45, 2.75) is 38.6 Å². The normalized spacial score (nSPS) is 14.6. The molecule has 0 spiro atoms. The van der Waals surface area contributed by atoms with Crippen molar-refractivity contribution in [3.05, 3.63) is 52.6 Å². The standard InChI is InChI=1S/C15H15ClFN5O.C2H6/c16-10-2-3-12(17)11(6-10)15(4-1-5-15)21-14-19-7-9(8-20-14)13(23)22-18;1-2/h2-3,6-8H,1,4-5,18H2,(H,22,23)(H,19,20,21);1-2H3. The second kappa shape index (κ2) is 8.22. The van der Waals surface area contributed by atoms with Gasteiger partial charge in [0, 0.05) is 23.0 Å². The molecule has 6 nitrogen and oxygen atoms in total. The third-order valence-electron chi connectivity index (χ3n) is 4.05. The Morgan fingerprint density at radius 3 is 2.44 bits per heavy atom. The highest BCUT2D eigenvalue weighted by Crippen LogP contribution is 2.45. The Bertz CT molecular complexity index is 734. The molecule has 1 amide bonds. The molecule has 1 aliphatic rings. The van der Waals surface area contributed by atoms with E-state index in [9.17, 15) is 9.18 Å². The van der Waals surface area contributed by atoms with Crippen LogP contribution in [0.1, 0.15) is 49.0 Å². The minimum Gasteiger partial charge on any atom is -0.345 e. The molecule has 0 saturated heterocycles. The number of nitrogens with two attached hydrogens (primary N) is 1. The minimum absolute atomic E-state index is 0.245. The van der Waals surface area contributed by atoms with Gasteiger partial charge in [0.1, 0.15) is 5.82 Å². The average molecular weight is 366 g/mol. The van der Waals surface area contributed by atoms with Crippen LogP contribution in [0.5, 0.6) is 0 Å². The SMILES string of the molecule is CC.NNC(=O)c1cnc(NC2(c3cc(Cl)ccc3F)CCC2)nc1. The molecule has 1 aromatic carbocycles. The first-order valence-corrected chi connectivity index (χ1v) is 8.48. The van der Waals surface area contributed by atoms with E-state index in [0.717, 1.165) is 19.3 Å². The van der Waals surface area contributed by atoms with Crippen LogP contribution in [0.2, 0.25) is 5.02 Å². The summed E-state index contributed by atoms with van der Waals surface area (Å²) in [6.45, 7) is 4.00. The maximum absolute atomic E-state index is 14.2. The first kappa shape index (κ1) is 19.1. The van der Waals surface area contributed by atoms with Crippen LogP contribution in [0.4, 0.5) is 10.3 Å². The van der Waals surface area contributed by atoms with Crippen LogP contribution < -0.4 is 16.6 Å². The number of benzene rings is 1. The number of aromatic nitrogens is 2. The van der Waals surface area contributed by atoms with Crippen molar-refractivity contribution >= 4 is 23.5 Å². The summed E-state index contributed by atoms with van der Waals surface area (Å²) in [6.07, 6.45) is 5.18. The molecular weight excluding hydrogens is 345 g/mol. The van der Waals surface area contributed by atoms with Crippen LogP contribution in [0, 0.1) is 5.82 Å². The molecule has 0 radical (unpaired) electrons. The lowest BCUT2D eigenvalue weighted by molar-refractivity contribution is 0.0953. The lowest BCUT2D eigenvalue weighted by Crippen LogP contribution is -2.43. The van der Waals surface area contributed by atoms with Gasteiger partial charge in [-0.15, -0.1) is 0 Å². The molecule has 0 unspecified atom stereocenters. The van der Waals surface area contributed by atoms with E-state index in [1.807, 2.05) is 19.3 Å². The average Bonchev–Trinajstić information content (AvgIpc) is 2.62. The van der Waals surface area contributed by atoms with Gasteiger partial charge in [0.15, 0.2) is 0 Å². The third kappa shape index (κ3) is 4.05. The van der Waals surface area contributed by atoms with Crippen LogP contribution in [-0.4, -0.2) is 15.9 Å². The van der Waals surface area contributed by atoms with Crippen LogP contribution in [0.3, 0.4) is 0 Å². The molecule has 1 heterocycles. The Hall–Kier alpha value is -2.25. The zero-order valence-corrected chi connectivity index (χ0v) is 14.9. The Morgan fingerprint density at radius 1 is 1.28 bits per heavy atom. The van der Waals surface area contributed by atoms with Crippen molar-refractivity contribution < 1.29 is 9.18 Å². The summed E-state index contributed by atoms with van der Waals surface area (Å²) in [5, 5.41) is 3.65. The van der Waals surface area contributed by atoms with Crippen molar-refractivity contribution in [2.24, 2.45) is 5.84 Å². The number of nitrogen functional groups attached to an aromatic ring is 1. The topological polar surface area (TPSA) is 92.9 Å². The maximum Gasteiger partial charge on any atom is 0.268 e. The maximum atomic E-state index is 14.2. The monoisotopic (exact) mass is 365 g/mol. The van der Waals surface area contributed by atoms with E-state index >= 15 is 0 Å². The fourth-order valence-corrected chi connectivity index (χ4v) is 2.84. The second-order valence-corrected chi connectivity index (χ2v) is 5.89. The van der Waals surface area contributed by atoms with E-state index in [0.29, 0.717) is 16.5 Å². The number of rotatable bonds is 4. The van der Waals surface area contributed by atoms with Gasteiger partial charge in [-0.3, -0.25) is 10.2 Å². The number of anilines is 1. The van der Waals surface area contributed by atoms with Gasteiger partial charge in [0.25, 0.3) is 5.91 Å². The van der Waals surface area contributed by atoms with Gasteiger partial charge < -0.3 is 5.32 Å². The highest BCUT2D eigenvalue weighted by molar-refractivity contribution is 6.30. The number of carbonyl (C=O) groups is 1. The van der Waals surface area contributed by atoms with Crippen molar-refractivity contribution in [1.29, 1.82) is 0 Å². The number of nitrogens with zero attached hydrogens (tertiary/aromatic N) is 2. The quantitative estimate of drug-likeness (QED) is 0.438. The second-order valence-electron chi connectivity index (χ2n) is 5.45. The van der Waals surface area contributed by atoms with Crippen LogP contribution in [0.15, 0.2) is 30.6 Å². The van der Waals surface area contributed by atoms with Crippen molar-refractivity contribution in [3.8, 4) is 0 Å². The molecule has 8 heteroatoms. The summed E-state index contributed by atoms with van der Waals surface area (Å²) in [7, 11) is 0. The van der Waals surface area contributed by atoms with E-state index in [1.54, 1.807) is 6.07 Å². The smallest absolute Gasteiger partial charge is 0.268 e. The number of hydrogen-bond acceptors (Lipinski definition) is 5. The highest BCUT2D eigenvalue weighted by Gasteiger charge is 2.41. The third-order valence-corrected chi connectivity index (χ3v) is 4.28. The highest BCUT2D eigenvalue weighted by atomic mass is 35.5. The fraction of sp³-hybridized carbons (Fsp3) is 0.353. The van der Waals surface area contributed by atoms with Gasteiger partial charge in [-0.1, -0.05) is 25.4 Å². The number of hydrogen-bond donors (Lipinski definition) is 3. The van der Waals surface area contributed by atoms with E-state index in [2.05, 4.69) is 15.3 Å². The van der Waals surface area contributed by atoms with Gasteiger partial charge in [0.2, 0.25) is 5.95 Å². The van der Waals surface area contributed by atoms with Crippen molar-refractivity contribution in [2.75, 3.05) is 5.32 Å². The molecule has 0 aliphatic heterocycles. The van der Waals surface area contributed by atoms with E-state index < -0.39 is 11.4 Å². The van der Waals surface area contributed by atoms with Gasteiger partial charge >= 0.3 is 0 Å². The summed E-state index contributed by atoms with van der Waals surface area (Å²) in [5.41, 5.74) is 2.18. The molecule has 25 heavy (non-hydrogen) atoms. The molecule has 0 bridgehead atoms. The predicted molar refractivity (Wildman–Crippen MR) is 95.6 cm³/mol. The molecule has 4 N–H and O–H groups in total. The molecule has 3 rings (SSSR count). The Morgan fingerprint density at radius 2 is 1.92 bits per heavy atom. The van der Waals surface area contributed by atoms with Crippen LogP contribution in [-0.2, 0) is 5.54 Å². The fourth-order valence-electron chi connectivity index (χ4n) is 2.66. The predicted octanol–water partition coefficient (Wildman–Crippen LogP) is 3.39. The summed E-state index contributed by atoms with van der Waals surface area (Å²) in [5.74, 6) is 4.58. The van der Waals surface area contributed by atoms with Gasteiger partial charge in [-0.25, -0.2) is 20.2 Å². The van der Waals surface area contributed by atoms with Gasteiger partial charge in [-0.2, -0.15) is 0 Å². The van der Waals surface area contributed by atoms with E-state index in [1.165, 1.54) is 24.5 Å². The molecule has 1 saturated carbocycles. The van der Waals surface area contributed by atoms with E-state index in [-0.39, 0.29) is 11.4 Å². The molecule has 1 fully saturated rings. The van der Waals surface area contributed by atoms with Crippen LogP contribution in [0.25, 0.3) is 0 Å². The van der Waals surface area contributed by atoms with Crippen LogP contribution >= 0.6 is 11.6 Å². The molecule has 2 aromatic rings. The number of hydrazine groups is 1. The minimum atomic E-state index is -0.577. The summed E-state index contributed by atoms with van der Waals surface area (Å²) in [4.78, 5) is 19.6. The first-order chi connectivity index (χ1) is 12.0. The number of amides is 1. The molecule has 1 aliphatic carbocycles. The number of halogens is 2. The Labute approximate surface area is 151 Å². The number of nitrogens with one attached hydrogen (secondary N) is 2. The van der Waals surface area contributed by atoms with Crippen molar-refractivity contribution in [1.82, 2.24) is 15.4 Å². The molecule has 134 valence electrons. The van der Waals surface area contributed by atoms with E-state index in [4.69, 9.17) is 17.4 Å². The number of carbonyl (C=O) groups excluding carboxylic acids is 1. The lowest BCUT2D eigenvalue weighted by atomic mass is 9.71. The first-order valence-electron chi connectivity index (χ1n) is 8.11. The largest absolute Gasteiger partial charge is 0.345 e. The van der Waals surface area contributed by atoms with Gasteiger partial charge in [-0.05, 0) is 37.5 Å². The molecule has 1 aromatic heterocycles. The summed E-state index contributed by atoms with van der Waals surface area (Å²) < 4.78 is 14.2. The Kier molecular flexibility index (Phi) is 6.27. The zero-order valence-electron chi connectivity index (χ0n) is 14.1.